The van der Waals surface area contributed by atoms with Crippen LogP contribution in [0.3, 0.4) is 0 Å². The molecule has 1 fully saturated rings. The predicted molar refractivity (Wildman–Crippen MR) is 101 cm³/mol. The first kappa shape index (κ1) is 19.1. The van der Waals surface area contributed by atoms with Crippen LogP contribution in [0.25, 0.3) is 0 Å². The van der Waals surface area contributed by atoms with Crippen LogP contribution in [0, 0.1) is 13.8 Å². The number of hydrogen-bond acceptors (Lipinski definition) is 5. The second-order valence-electron chi connectivity index (χ2n) is 6.79. The number of Topliss-reactive ketones (excluding diaryl/α,β-unsaturated/α-hetero) is 1. The average molecular weight is 368 g/mol. The highest BCUT2D eigenvalue weighted by molar-refractivity contribution is 6.00. The van der Waals surface area contributed by atoms with Crippen LogP contribution in [0.5, 0.6) is 5.75 Å². The minimum atomic E-state index is -0.529. The van der Waals surface area contributed by atoms with Crippen LogP contribution in [0.4, 0.5) is 0 Å². The maximum atomic E-state index is 12.3. The fourth-order valence-electron chi connectivity index (χ4n) is 3.07. The molecular formula is C22H24O5. The van der Waals surface area contributed by atoms with E-state index in [4.69, 9.17) is 14.2 Å². The van der Waals surface area contributed by atoms with E-state index in [9.17, 15) is 9.59 Å². The second kappa shape index (κ2) is 8.82. The molecule has 0 unspecified atom stereocenters. The third kappa shape index (κ3) is 5.17. The molecule has 5 heteroatoms. The number of esters is 1. The van der Waals surface area contributed by atoms with Crippen molar-refractivity contribution in [3.05, 3.63) is 64.7 Å². The number of ketones is 1. The first-order chi connectivity index (χ1) is 13.0. The lowest BCUT2D eigenvalue weighted by Crippen LogP contribution is -2.16. The first-order valence-electron chi connectivity index (χ1n) is 9.15. The molecule has 142 valence electrons. The minimum Gasteiger partial charge on any atom is -0.491 e. The highest BCUT2D eigenvalue weighted by atomic mass is 16.5. The van der Waals surface area contributed by atoms with Crippen molar-refractivity contribution in [1.29, 1.82) is 0 Å². The van der Waals surface area contributed by atoms with Crippen LogP contribution in [0.15, 0.2) is 42.5 Å². The van der Waals surface area contributed by atoms with Crippen molar-refractivity contribution in [3.8, 4) is 5.75 Å². The van der Waals surface area contributed by atoms with Gasteiger partial charge in [0.15, 0.2) is 6.61 Å². The van der Waals surface area contributed by atoms with Gasteiger partial charge in [-0.1, -0.05) is 23.8 Å². The summed E-state index contributed by atoms with van der Waals surface area (Å²) >= 11 is 0. The summed E-state index contributed by atoms with van der Waals surface area (Å²) in [5, 5.41) is 0. The summed E-state index contributed by atoms with van der Waals surface area (Å²) in [7, 11) is 0. The molecule has 1 aliphatic heterocycles. The van der Waals surface area contributed by atoms with Crippen LogP contribution < -0.4 is 4.74 Å². The van der Waals surface area contributed by atoms with E-state index in [1.54, 1.807) is 30.3 Å². The lowest BCUT2D eigenvalue weighted by atomic mass is 10.0. The van der Waals surface area contributed by atoms with Crippen molar-refractivity contribution in [1.82, 2.24) is 0 Å². The lowest BCUT2D eigenvalue weighted by Gasteiger charge is -2.11. The molecule has 0 aliphatic carbocycles. The molecule has 27 heavy (non-hydrogen) atoms. The summed E-state index contributed by atoms with van der Waals surface area (Å²) in [6, 6.07) is 12.3. The minimum absolute atomic E-state index is 0.144. The molecule has 3 rings (SSSR count). The Morgan fingerprint density at radius 1 is 1.11 bits per heavy atom. The smallest absolute Gasteiger partial charge is 0.338 e. The van der Waals surface area contributed by atoms with Gasteiger partial charge in [0, 0.05) is 12.2 Å². The Kier molecular flexibility index (Phi) is 6.24. The van der Waals surface area contributed by atoms with E-state index >= 15 is 0 Å². The summed E-state index contributed by atoms with van der Waals surface area (Å²) in [6.45, 7) is 4.86. The van der Waals surface area contributed by atoms with E-state index < -0.39 is 5.97 Å². The summed E-state index contributed by atoms with van der Waals surface area (Å²) in [5.41, 5.74) is 2.92. The zero-order valence-corrected chi connectivity index (χ0v) is 15.7. The van der Waals surface area contributed by atoms with E-state index in [-0.39, 0.29) is 18.5 Å². The number of rotatable bonds is 7. The van der Waals surface area contributed by atoms with Crippen molar-refractivity contribution in [2.45, 2.75) is 32.8 Å². The number of carbonyl (C=O) groups excluding carboxylic acids is 2. The summed E-state index contributed by atoms with van der Waals surface area (Å²) in [5.74, 6) is -0.0652. The van der Waals surface area contributed by atoms with E-state index in [1.165, 1.54) is 0 Å². The lowest BCUT2D eigenvalue weighted by molar-refractivity contribution is 0.0474. The molecule has 2 aromatic carbocycles. The molecule has 0 bridgehead atoms. The van der Waals surface area contributed by atoms with Crippen molar-refractivity contribution >= 4 is 11.8 Å². The predicted octanol–water partition coefficient (Wildman–Crippen LogP) is 3.90. The third-order valence-corrected chi connectivity index (χ3v) is 4.57. The van der Waals surface area contributed by atoms with E-state index in [0.717, 1.165) is 30.6 Å². The molecular weight excluding hydrogens is 344 g/mol. The van der Waals surface area contributed by atoms with Crippen molar-refractivity contribution in [2.75, 3.05) is 19.8 Å². The Labute approximate surface area is 159 Å². The van der Waals surface area contributed by atoms with Gasteiger partial charge >= 0.3 is 5.97 Å². The van der Waals surface area contributed by atoms with E-state index in [0.29, 0.717) is 23.5 Å². The van der Waals surface area contributed by atoms with Gasteiger partial charge in [0.2, 0.25) is 5.78 Å². The molecule has 0 saturated carbocycles. The molecule has 2 aromatic rings. The van der Waals surface area contributed by atoms with Gasteiger partial charge in [-0.25, -0.2) is 4.79 Å². The first-order valence-corrected chi connectivity index (χ1v) is 9.15. The number of ether oxygens (including phenoxy) is 3. The zero-order chi connectivity index (χ0) is 19.2. The Morgan fingerprint density at radius 3 is 2.56 bits per heavy atom. The molecule has 0 amide bonds. The monoisotopic (exact) mass is 368 g/mol. The van der Waals surface area contributed by atoms with Gasteiger partial charge in [0.25, 0.3) is 0 Å². The topological polar surface area (TPSA) is 61.8 Å². The summed E-state index contributed by atoms with van der Waals surface area (Å²) in [6.07, 6.45) is 2.23. The zero-order valence-electron chi connectivity index (χ0n) is 15.7. The van der Waals surface area contributed by atoms with Crippen LogP contribution >= 0.6 is 0 Å². The molecule has 0 N–H and O–H groups in total. The number of aryl methyl sites for hydroxylation is 2. The number of benzene rings is 2. The van der Waals surface area contributed by atoms with Crippen molar-refractivity contribution in [3.63, 3.8) is 0 Å². The maximum absolute atomic E-state index is 12.3. The Balaban J connectivity index is 1.50. The van der Waals surface area contributed by atoms with Crippen molar-refractivity contribution < 1.29 is 23.8 Å². The number of hydrogen-bond donors (Lipinski definition) is 0. The van der Waals surface area contributed by atoms with Crippen LogP contribution in [-0.2, 0) is 9.47 Å². The highest BCUT2D eigenvalue weighted by Crippen LogP contribution is 2.17. The fraction of sp³-hybridized carbons (Fsp3) is 0.364. The van der Waals surface area contributed by atoms with Crippen LogP contribution in [-0.4, -0.2) is 37.7 Å². The summed E-state index contributed by atoms with van der Waals surface area (Å²) < 4.78 is 16.3. The van der Waals surface area contributed by atoms with Crippen LogP contribution in [0.2, 0.25) is 0 Å². The quantitative estimate of drug-likeness (QED) is 0.548. The molecule has 0 spiro atoms. The Hall–Kier alpha value is -2.66. The normalized spacial score (nSPS) is 16.1. The molecule has 1 saturated heterocycles. The summed E-state index contributed by atoms with van der Waals surface area (Å²) in [4.78, 5) is 24.4. The van der Waals surface area contributed by atoms with Gasteiger partial charge in [0.05, 0.1) is 11.7 Å². The Morgan fingerprint density at radius 2 is 1.89 bits per heavy atom. The standard InChI is InChI=1S/C22H24O5/c1-15-5-10-20(16(2)12-15)21(23)14-27-22(24)17-6-8-18(9-7-17)26-13-19-4-3-11-25-19/h5-10,12,19H,3-4,11,13-14H2,1-2H3/t19-/m0/s1. The van der Waals surface area contributed by atoms with Crippen LogP contribution in [0.1, 0.15) is 44.7 Å². The number of carbonyl (C=O) groups is 2. The molecule has 1 atom stereocenters. The largest absolute Gasteiger partial charge is 0.491 e. The molecule has 0 radical (unpaired) electrons. The SMILES string of the molecule is Cc1ccc(C(=O)COC(=O)c2ccc(OC[C@@H]3CCCO3)cc2)c(C)c1. The molecule has 5 nitrogen and oxygen atoms in total. The van der Waals surface area contributed by atoms with Crippen molar-refractivity contribution in [2.24, 2.45) is 0 Å². The third-order valence-electron chi connectivity index (χ3n) is 4.57. The Bertz CT molecular complexity index is 804. The van der Waals surface area contributed by atoms with Gasteiger partial charge in [0.1, 0.15) is 12.4 Å². The van der Waals surface area contributed by atoms with Gasteiger partial charge in [-0.05, 0) is 56.5 Å². The average Bonchev–Trinajstić information content (AvgIpc) is 3.18. The highest BCUT2D eigenvalue weighted by Gasteiger charge is 2.17. The molecule has 1 heterocycles. The van der Waals surface area contributed by atoms with E-state index in [2.05, 4.69) is 0 Å². The van der Waals surface area contributed by atoms with Gasteiger partial charge < -0.3 is 14.2 Å². The van der Waals surface area contributed by atoms with Gasteiger partial charge in [-0.3, -0.25) is 4.79 Å². The molecule has 1 aliphatic rings. The van der Waals surface area contributed by atoms with E-state index in [1.807, 2.05) is 26.0 Å². The second-order valence-corrected chi connectivity index (χ2v) is 6.79. The maximum Gasteiger partial charge on any atom is 0.338 e. The fourth-order valence-corrected chi connectivity index (χ4v) is 3.07. The molecule has 0 aromatic heterocycles. The van der Waals surface area contributed by atoms with Gasteiger partial charge in [-0.15, -0.1) is 0 Å². The van der Waals surface area contributed by atoms with Gasteiger partial charge in [-0.2, -0.15) is 0 Å².